The normalized spacial score (nSPS) is 9.90. The fraction of sp³-hybridized carbons (Fsp3) is 0.133. The molecule has 2 aromatic rings. The Morgan fingerprint density at radius 2 is 1.75 bits per heavy atom. The van der Waals surface area contributed by atoms with Crippen LogP contribution < -0.4 is 20.5 Å². The van der Waals surface area contributed by atoms with Crippen molar-refractivity contribution in [1.82, 2.24) is 0 Å². The van der Waals surface area contributed by atoms with E-state index >= 15 is 0 Å². The predicted octanol–water partition coefficient (Wildman–Crippen LogP) is 3.20. The fourth-order valence-electron chi connectivity index (χ4n) is 1.61. The smallest absolute Gasteiger partial charge is 0.417 e. The van der Waals surface area contributed by atoms with Gasteiger partial charge in [-0.2, -0.15) is 0 Å². The lowest BCUT2D eigenvalue weighted by Gasteiger charge is -2.08. The second kappa shape index (κ2) is 5.97. The zero-order valence-corrected chi connectivity index (χ0v) is 11.3. The number of hydrogen-bond donors (Lipinski definition) is 2. The summed E-state index contributed by atoms with van der Waals surface area (Å²) in [6.45, 7) is 1.89. The Morgan fingerprint density at radius 1 is 1.10 bits per heavy atom. The number of nitrogens with two attached hydrogens (primary N) is 1. The van der Waals surface area contributed by atoms with Crippen molar-refractivity contribution in [2.75, 3.05) is 18.2 Å². The Morgan fingerprint density at radius 3 is 2.35 bits per heavy atom. The highest BCUT2D eigenvalue weighted by Crippen LogP contribution is 2.20. The summed E-state index contributed by atoms with van der Waals surface area (Å²) in [6.07, 6.45) is -0.571. The number of hydrogen-bond acceptors (Lipinski definition) is 4. The third-order valence-electron chi connectivity index (χ3n) is 2.80. The van der Waals surface area contributed by atoms with E-state index in [4.69, 9.17) is 15.2 Å². The van der Waals surface area contributed by atoms with E-state index in [9.17, 15) is 4.79 Å². The molecule has 2 rings (SSSR count). The average molecular weight is 272 g/mol. The number of ether oxygens (including phenoxy) is 2. The summed E-state index contributed by atoms with van der Waals surface area (Å²) in [4.78, 5) is 11.7. The Bertz CT molecular complexity index is 609. The number of methoxy groups -OCH3 is 1. The number of aryl methyl sites for hydroxylation is 1. The minimum atomic E-state index is -0.571. The van der Waals surface area contributed by atoms with E-state index in [1.165, 1.54) is 0 Å². The summed E-state index contributed by atoms with van der Waals surface area (Å²) in [5, 5.41) is 2.62. The van der Waals surface area contributed by atoms with Gasteiger partial charge in [-0.05, 0) is 42.8 Å². The average Bonchev–Trinajstić information content (AvgIpc) is 2.44. The van der Waals surface area contributed by atoms with Gasteiger partial charge in [0.2, 0.25) is 0 Å². The highest BCUT2D eigenvalue weighted by Gasteiger charge is 2.06. The molecule has 0 heterocycles. The van der Waals surface area contributed by atoms with Crippen molar-refractivity contribution in [3.05, 3.63) is 48.0 Å². The molecule has 0 aliphatic rings. The highest BCUT2D eigenvalue weighted by molar-refractivity contribution is 5.86. The lowest BCUT2D eigenvalue weighted by Crippen LogP contribution is -2.16. The molecule has 1 amide bonds. The summed E-state index contributed by atoms with van der Waals surface area (Å²) in [6, 6.07) is 12.1. The van der Waals surface area contributed by atoms with Gasteiger partial charge in [0.25, 0.3) is 0 Å². The second-order valence-electron chi connectivity index (χ2n) is 4.26. The minimum Gasteiger partial charge on any atom is -0.497 e. The van der Waals surface area contributed by atoms with Crippen LogP contribution in [-0.2, 0) is 0 Å². The van der Waals surface area contributed by atoms with Crippen molar-refractivity contribution >= 4 is 17.5 Å². The third-order valence-corrected chi connectivity index (χ3v) is 2.80. The first-order chi connectivity index (χ1) is 9.58. The number of rotatable bonds is 3. The lowest BCUT2D eigenvalue weighted by atomic mass is 10.2. The van der Waals surface area contributed by atoms with E-state index in [-0.39, 0.29) is 0 Å². The van der Waals surface area contributed by atoms with Crippen molar-refractivity contribution in [2.45, 2.75) is 6.92 Å². The summed E-state index contributed by atoms with van der Waals surface area (Å²) < 4.78 is 10.2. The maximum absolute atomic E-state index is 11.7. The quantitative estimate of drug-likeness (QED) is 0.841. The molecule has 20 heavy (non-hydrogen) atoms. The molecule has 0 atom stereocenters. The molecule has 0 radical (unpaired) electrons. The van der Waals surface area contributed by atoms with Crippen molar-refractivity contribution in [2.24, 2.45) is 0 Å². The van der Waals surface area contributed by atoms with Gasteiger partial charge >= 0.3 is 6.09 Å². The van der Waals surface area contributed by atoms with Gasteiger partial charge in [-0.15, -0.1) is 0 Å². The molecule has 2 aromatic carbocycles. The van der Waals surface area contributed by atoms with Crippen LogP contribution in [0.5, 0.6) is 11.5 Å². The maximum atomic E-state index is 11.7. The lowest BCUT2D eigenvalue weighted by molar-refractivity contribution is 0.215. The Kier molecular flexibility index (Phi) is 4.10. The molecule has 0 aromatic heterocycles. The van der Waals surface area contributed by atoms with Gasteiger partial charge in [-0.25, -0.2) is 4.79 Å². The summed E-state index contributed by atoms with van der Waals surface area (Å²) in [7, 11) is 1.58. The fourth-order valence-corrected chi connectivity index (χ4v) is 1.61. The van der Waals surface area contributed by atoms with Gasteiger partial charge in [0.05, 0.1) is 7.11 Å². The number of carbonyl (C=O) groups is 1. The Hall–Kier alpha value is -2.69. The van der Waals surface area contributed by atoms with Crippen LogP contribution in [0.15, 0.2) is 42.5 Å². The van der Waals surface area contributed by atoms with Gasteiger partial charge < -0.3 is 15.2 Å². The van der Waals surface area contributed by atoms with Crippen molar-refractivity contribution < 1.29 is 14.3 Å². The minimum absolute atomic E-state index is 0.402. The van der Waals surface area contributed by atoms with Gasteiger partial charge in [0, 0.05) is 17.4 Å². The molecule has 104 valence electrons. The first-order valence-electron chi connectivity index (χ1n) is 6.07. The Balaban J connectivity index is 1.99. The van der Waals surface area contributed by atoms with Gasteiger partial charge in [0.1, 0.15) is 11.5 Å². The molecule has 0 aliphatic heterocycles. The van der Waals surface area contributed by atoms with Gasteiger partial charge in [-0.1, -0.05) is 6.07 Å². The molecule has 0 fully saturated rings. The summed E-state index contributed by atoms with van der Waals surface area (Å²) in [5.74, 6) is 1.12. The van der Waals surface area contributed by atoms with Crippen molar-refractivity contribution in [3.63, 3.8) is 0 Å². The molecule has 0 unspecified atom stereocenters. The number of nitrogen functional groups attached to an aromatic ring is 1. The van der Waals surface area contributed by atoms with Gasteiger partial charge in [-0.3, -0.25) is 5.32 Å². The van der Waals surface area contributed by atoms with E-state index < -0.39 is 6.09 Å². The molecule has 5 nitrogen and oxygen atoms in total. The maximum Gasteiger partial charge on any atom is 0.417 e. The van der Waals surface area contributed by atoms with E-state index in [2.05, 4.69) is 5.32 Å². The molecular weight excluding hydrogens is 256 g/mol. The first-order valence-corrected chi connectivity index (χ1v) is 6.07. The van der Waals surface area contributed by atoms with Crippen molar-refractivity contribution in [1.29, 1.82) is 0 Å². The molecule has 3 N–H and O–H groups in total. The zero-order valence-electron chi connectivity index (χ0n) is 11.3. The monoisotopic (exact) mass is 272 g/mol. The van der Waals surface area contributed by atoms with Crippen LogP contribution in [-0.4, -0.2) is 13.2 Å². The highest BCUT2D eigenvalue weighted by atomic mass is 16.6. The van der Waals surface area contributed by atoms with Crippen LogP contribution in [0.2, 0.25) is 0 Å². The molecular formula is C15H16N2O3. The van der Waals surface area contributed by atoms with Crippen LogP contribution >= 0.6 is 0 Å². The number of benzene rings is 2. The first kappa shape index (κ1) is 13.7. The van der Waals surface area contributed by atoms with E-state index in [0.29, 0.717) is 17.1 Å². The zero-order chi connectivity index (χ0) is 14.5. The number of amides is 1. The summed E-state index contributed by atoms with van der Waals surface area (Å²) >= 11 is 0. The summed E-state index contributed by atoms with van der Waals surface area (Å²) in [5.41, 5.74) is 7.90. The van der Waals surface area contributed by atoms with Crippen LogP contribution in [0, 0.1) is 6.92 Å². The molecule has 0 spiro atoms. The number of nitrogens with one attached hydrogen (secondary N) is 1. The third kappa shape index (κ3) is 3.41. The predicted molar refractivity (Wildman–Crippen MR) is 78.2 cm³/mol. The number of anilines is 2. The largest absolute Gasteiger partial charge is 0.497 e. The topological polar surface area (TPSA) is 73.6 Å². The molecule has 0 aliphatic carbocycles. The van der Waals surface area contributed by atoms with E-state index in [1.807, 2.05) is 6.92 Å². The van der Waals surface area contributed by atoms with Crippen molar-refractivity contribution in [3.8, 4) is 11.5 Å². The van der Waals surface area contributed by atoms with E-state index in [1.54, 1.807) is 49.6 Å². The van der Waals surface area contributed by atoms with Crippen LogP contribution in [0.25, 0.3) is 0 Å². The molecule has 0 bridgehead atoms. The molecule has 0 saturated heterocycles. The number of carbonyl (C=O) groups excluding carboxylic acids is 1. The van der Waals surface area contributed by atoms with E-state index in [0.717, 1.165) is 11.3 Å². The SMILES string of the molecule is COc1ccc(NC(=O)Oc2ccc(C)c(N)c2)cc1. The standard InChI is InChI=1S/C15H16N2O3/c1-10-3-6-13(9-14(10)16)20-15(18)17-11-4-7-12(19-2)8-5-11/h3-9H,16H2,1-2H3,(H,17,18). The molecule has 5 heteroatoms. The van der Waals surface area contributed by atoms with Gasteiger partial charge in [0.15, 0.2) is 0 Å². The van der Waals surface area contributed by atoms with Crippen LogP contribution in [0.3, 0.4) is 0 Å². The van der Waals surface area contributed by atoms with Crippen LogP contribution in [0.4, 0.5) is 16.2 Å². The van der Waals surface area contributed by atoms with Crippen LogP contribution in [0.1, 0.15) is 5.56 Å². The molecule has 0 saturated carbocycles. The second-order valence-corrected chi connectivity index (χ2v) is 4.26. The Labute approximate surface area is 117 Å².